The molecule has 0 aliphatic rings. The Kier molecular flexibility index (Phi) is 5.38. The first kappa shape index (κ1) is 16.4. The van der Waals surface area contributed by atoms with Crippen LogP contribution >= 0.6 is 31.9 Å². The van der Waals surface area contributed by atoms with Gasteiger partial charge in [-0.05, 0) is 42.7 Å². The van der Waals surface area contributed by atoms with E-state index >= 15 is 0 Å². The highest BCUT2D eigenvalue weighted by Gasteiger charge is 2.19. The van der Waals surface area contributed by atoms with E-state index in [1.807, 2.05) is 32.0 Å². The molecule has 2 rings (SSSR count). The third-order valence-electron chi connectivity index (χ3n) is 3.23. The van der Waals surface area contributed by atoms with Gasteiger partial charge in [-0.15, -0.1) is 0 Å². The fourth-order valence-electron chi connectivity index (χ4n) is 2.14. The Hall–Kier alpha value is -0.940. The van der Waals surface area contributed by atoms with Gasteiger partial charge in [0.15, 0.2) is 0 Å². The molecule has 1 atom stereocenters. The molecule has 0 saturated heterocycles. The highest BCUT2D eigenvalue weighted by Crippen LogP contribution is 2.39. The first-order chi connectivity index (χ1) is 9.90. The third-order valence-corrected chi connectivity index (χ3v) is 5.07. The Bertz CT molecular complexity index is 644. The second-order valence-electron chi connectivity index (χ2n) is 4.74. The summed E-state index contributed by atoms with van der Waals surface area (Å²) in [5.74, 6) is 0.189. The van der Waals surface area contributed by atoms with Crippen molar-refractivity contribution >= 4 is 31.9 Å². The second kappa shape index (κ2) is 6.88. The third kappa shape index (κ3) is 3.83. The molecule has 0 fully saturated rings. The van der Waals surface area contributed by atoms with E-state index < -0.39 is 6.61 Å². The van der Waals surface area contributed by atoms with Crippen molar-refractivity contribution in [3.05, 3.63) is 63.1 Å². The van der Waals surface area contributed by atoms with Crippen LogP contribution in [0.5, 0.6) is 5.75 Å². The van der Waals surface area contributed by atoms with Gasteiger partial charge in [0.05, 0.1) is 4.83 Å². The molecule has 1 nitrogen and oxygen atoms in total. The number of alkyl halides is 3. The molecular formula is C16H14Br2F2O. The summed E-state index contributed by atoms with van der Waals surface area (Å²) in [6, 6.07) is 10.9. The maximum Gasteiger partial charge on any atom is 0.387 e. The summed E-state index contributed by atoms with van der Waals surface area (Å²) >= 11 is 7.10. The Labute approximate surface area is 139 Å². The van der Waals surface area contributed by atoms with Crippen LogP contribution in [0.2, 0.25) is 0 Å². The molecule has 0 aliphatic heterocycles. The van der Waals surface area contributed by atoms with Gasteiger partial charge in [0.2, 0.25) is 0 Å². The average Bonchev–Trinajstić information content (AvgIpc) is 2.42. The van der Waals surface area contributed by atoms with E-state index in [1.165, 1.54) is 0 Å². The molecule has 0 aliphatic carbocycles. The number of para-hydroxylation sites is 1. The topological polar surface area (TPSA) is 9.23 Å². The fourth-order valence-corrected chi connectivity index (χ4v) is 3.47. The van der Waals surface area contributed by atoms with Crippen LogP contribution in [-0.2, 0) is 0 Å². The van der Waals surface area contributed by atoms with Crippen molar-refractivity contribution in [1.29, 1.82) is 0 Å². The van der Waals surface area contributed by atoms with Crippen molar-refractivity contribution in [3.63, 3.8) is 0 Å². The van der Waals surface area contributed by atoms with E-state index in [0.717, 1.165) is 21.2 Å². The predicted molar refractivity (Wildman–Crippen MR) is 87.5 cm³/mol. The van der Waals surface area contributed by atoms with E-state index in [4.69, 9.17) is 0 Å². The Balaban J connectivity index is 2.45. The largest absolute Gasteiger partial charge is 0.434 e. The number of benzene rings is 2. The lowest BCUT2D eigenvalue weighted by molar-refractivity contribution is -0.0503. The van der Waals surface area contributed by atoms with Gasteiger partial charge in [-0.1, -0.05) is 56.1 Å². The molecule has 0 N–H and O–H groups in total. The summed E-state index contributed by atoms with van der Waals surface area (Å²) in [5.41, 5.74) is 3.87. The molecule has 112 valence electrons. The zero-order chi connectivity index (χ0) is 15.6. The minimum atomic E-state index is -2.83. The molecule has 0 bridgehead atoms. The van der Waals surface area contributed by atoms with Crippen molar-refractivity contribution in [2.45, 2.75) is 25.3 Å². The smallest absolute Gasteiger partial charge is 0.387 e. The molecule has 0 spiro atoms. The summed E-state index contributed by atoms with van der Waals surface area (Å²) in [6.07, 6.45) is 0. The minimum Gasteiger partial charge on any atom is -0.434 e. The van der Waals surface area contributed by atoms with Crippen molar-refractivity contribution < 1.29 is 13.5 Å². The van der Waals surface area contributed by atoms with Gasteiger partial charge in [0, 0.05) is 10.0 Å². The fraction of sp³-hybridized carbons (Fsp3) is 0.250. The lowest BCUT2D eigenvalue weighted by atomic mass is 9.98. The highest BCUT2D eigenvalue weighted by molar-refractivity contribution is 9.10. The Morgan fingerprint density at radius 2 is 1.67 bits per heavy atom. The summed E-state index contributed by atoms with van der Waals surface area (Å²) in [5, 5.41) is 0. The molecule has 2 aromatic carbocycles. The van der Waals surface area contributed by atoms with Crippen molar-refractivity contribution in [1.82, 2.24) is 0 Å². The predicted octanol–water partition coefficient (Wildman–Crippen LogP) is 6.15. The number of halogens is 4. The van der Waals surface area contributed by atoms with Gasteiger partial charge in [-0.25, -0.2) is 0 Å². The number of hydrogen-bond donors (Lipinski definition) is 0. The number of aryl methyl sites for hydroxylation is 2. The maximum atomic E-state index is 12.5. The molecule has 2 aromatic rings. The van der Waals surface area contributed by atoms with Crippen LogP contribution in [-0.4, -0.2) is 6.61 Å². The van der Waals surface area contributed by atoms with E-state index in [0.29, 0.717) is 5.56 Å². The number of ether oxygens (including phenoxy) is 1. The van der Waals surface area contributed by atoms with E-state index in [-0.39, 0.29) is 10.6 Å². The van der Waals surface area contributed by atoms with Crippen molar-refractivity contribution in [3.8, 4) is 5.75 Å². The van der Waals surface area contributed by atoms with Gasteiger partial charge in [0.1, 0.15) is 5.75 Å². The molecule has 1 unspecified atom stereocenters. The van der Waals surface area contributed by atoms with Gasteiger partial charge < -0.3 is 4.74 Å². The van der Waals surface area contributed by atoms with Crippen LogP contribution in [0, 0.1) is 13.8 Å². The molecular weight excluding hydrogens is 406 g/mol. The van der Waals surface area contributed by atoms with Gasteiger partial charge in [0.25, 0.3) is 0 Å². The van der Waals surface area contributed by atoms with E-state index in [1.54, 1.807) is 18.2 Å². The van der Waals surface area contributed by atoms with Crippen LogP contribution in [0.15, 0.2) is 40.9 Å². The van der Waals surface area contributed by atoms with Crippen LogP contribution in [0.3, 0.4) is 0 Å². The van der Waals surface area contributed by atoms with Crippen LogP contribution in [0.1, 0.15) is 27.1 Å². The Morgan fingerprint density at radius 1 is 1.00 bits per heavy atom. The van der Waals surface area contributed by atoms with Crippen molar-refractivity contribution in [2.24, 2.45) is 0 Å². The van der Waals surface area contributed by atoms with Gasteiger partial charge >= 0.3 is 6.61 Å². The normalized spacial score (nSPS) is 12.5. The van der Waals surface area contributed by atoms with Crippen LogP contribution in [0.25, 0.3) is 0 Å². The molecule has 0 amide bonds. The lowest BCUT2D eigenvalue weighted by Gasteiger charge is -2.18. The quantitative estimate of drug-likeness (QED) is 0.540. The molecule has 0 aromatic heterocycles. The van der Waals surface area contributed by atoms with Crippen molar-refractivity contribution in [2.75, 3.05) is 0 Å². The summed E-state index contributed by atoms with van der Waals surface area (Å²) in [6.45, 7) is 1.15. The standard InChI is InChI=1S/C16H14Br2F2O/c1-9-8-13(17)10(2)7-12(9)15(18)11-5-3-4-6-14(11)21-16(19)20/h3-8,15-16H,1-2H3. The zero-order valence-corrected chi connectivity index (χ0v) is 14.7. The minimum absolute atomic E-state index is 0.189. The monoisotopic (exact) mass is 418 g/mol. The Morgan fingerprint density at radius 3 is 2.33 bits per heavy atom. The molecule has 21 heavy (non-hydrogen) atoms. The number of hydrogen-bond acceptors (Lipinski definition) is 1. The van der Waals surface area contributed by atoms with E-state index in [2.05, 4.69) is 36.6 Å². The van der Waals surface area contributed by atoms with Crippen LogP contribution in [0.4, 0.5) is 8.78 Å². The molecule has 0 saturated carbocycles. The lowest BCUT2D eigenvalue weighted by Crippen LogP contribution is -2.06. The second-order valence-corrected chi connectivity index (χ2v) is 6.51. The van der Waals surface area contributed by atoms with Gasteiger partial charge in [-0.3, -0.25) is 0 Å². The molecule has 5 heteroatoms. The summed E-state index contributed by atoms with van der Waals surface area (Å²) in [4.78, 5) is -0.209. The average molecular weight is 420 g/mol. The van der Waals surface area contributed by atoms with E-state index in [9.17, 15) is 8.78 Å². The van der Waals surface area contributed by atoms with Gasteiger partial charge in [-0.2, -0.15) is 8.78 Å². The first-order valence-electron chi connectivity index (χ1n) is 6.34. The first-order valence-corrected chi connectivity index (χ1v) is 8.05. The molecule has 0 radical (unpaired) electrons. The summed E-state index contributed by atoms with van der Waals surface area (Å²) < 4.78 is 30.7. The number of rotatable bonds is 4. The molecule has 0 heterocycles. The SMILES string of the molecule is Cc1cc(C(Br)c2ccccc2OC(F)F)c(C)cc1Br. The summed E-state index contributed by atoms with van der Waals surface area (Å²) in [7, 11) is 0. The zero-order valence-electron chi connectivity index (χ0n) is 11.5. The van der Waals surface area contributed by atoms with Crippen LogP contribution < -0.4 is 4.74 Å². The highest BCUT2D eigenvalue weighted by atomic mass is 79.9. The maximum absolute atomic E-state index is 12.5.